The standard InChI is InChI=1S/C10H22N2/c1-4-12-8-6-5-7-9(2)10(12)11-3/h9-11H,4-8H2,1-3H3. The lowest BCUT2D eigenvalue weighted by Gasteiger charge is -2.32. The van der Waals surface area contributed by atoms with Gasteiger partial charge in [0.05, 0.1) is 6.17 Å². The molecule has 2 nitrogen and oxygen atoms in total. The monoisotopic (exact) mass is 170 g/mol. The van der Waals surface area contributed by atoms with Crippen molar-refractivity contribution in [3.05, 3.63) is 0 Å². The van der Waals surface area contributed by atoms with Gasteiger partial charge in [0.2, 0.25) is 0 Å². The van der Waals surface area contributed by atoms with Crippen molar-refractivity contribution in [1.29, 1.82) is 0 Å². The number of hydrogen-bond donors (Lipinski definition) is 1. The zero-order chi connectivity index (χ0) is 8.97. The predicted octanol–water partition coefficient (Wildman–Crippen LogP) is 1.67. The number of nitrogens with zero attached hydrogens (tertiary/aromatic N) is 1. The molecule has 1 N–H and O–H groups in total. The van der Waals surface area contributed by atoms with E-state index in [9.17, 15) is 0 Å². The van der Waals surface area contributed by atoms with Gasteiger partial charge in [0.1, 0.15) is 0 Å². The summed E-state index contributed by atoms with van der Waals surface area (Å²) in [5, 5.41) is 3.42. The van der Waals surface area contributed by atoms with E-state index < -0.39 is 0 Å². The second-order valence-electron chi connectivity index (χ2n) is 3.84. The summed E-state index contributed by atoms with van der Waals surface area (Å²) >= 11 is 0. The Hall–Kier alpha value is -0.0800. The lowest BCUT2D eigenvalue weighted by atomic mass is 10.0. The lowest BCUT2D eigenvalue weighted by Crippen LogP contribution is -2.47. The van der Waals surface area contributed by atoms with Crippen molar-refractivity contribution in [2.24, 2.45) is 5.92 Å². The van der Waals surface area contributed by atoms with Gasteiger partial charge in [-0.1, -0.05) is 20.3 Å². The van der Waals surface area contributed by atoms with Crippen molar-refractivity contribution >= 4 is 0 Å². The first-order chi connectivity index (χ1) is 5.79. The second-order valence-corrected chi connectivity index (χ2v) is 3.84. The maximum absolute atomic E-state index is 3.42. The van der Waals surface area contributed by atoms with Crippen molar-refractivity contribution in [2.45, 2.75) is 39.3 Å². The van der Waals surface area contributed by atoms with Crippen LogP contribution in [0.15, 0.2) is 0 Å². The van der Waals surface area contributed by atoms with E-state index >= 15 is 0 Å². The molecule has 1 fully saturated rings. The van der Waals surface area contributed by atoms with Crippen LogP contribution in [0.3, 0.4) is 0 Å². The molecule has 0 saturated carbocycles. The molecule has 12 heavy (non-hydrogen) atoms. The fraction of sp³-hybridized carbons (Fsp3) is 1.00. The molecule has 2 atom stereocenters. The summed E-state index contributed by atoms with van der Waals surface area (Å²) in [7, 11) is 2.08. The summed E-state index contributed by atoms with van der Waals surface area (Å²) in [6.07, 6.45) is 4.76. The van der Waals surface area contributed by atoms with Crippen LogP contribution in [-0.4, -0.2) is 31.2 Å². The van der Waals surface area contributed by atoms with Crippen LogP contribution >= 0.6 is 0 Å². The Morgan fingerprint density at radius 3 is 2.75 bits per heavy atom. The average molecular weight is 170 g/mol. The molecule has 0 amide bonds. The number of rotatable bonds is 2. The molecule has 72 valence electrons. The maximum Gasteiger partial charge on any atom is 0.0620 e. The normalized spacial score (nSPS) is 33.2. The molecular weight excluding hydrogens is 148 g/mol. The minimum absolute atomic E-state index is 0.609. The molecule has 1 rings (SSSR count). The highest BCUT2D eigenvalue weighted by Gasteiger charge is 2.23. The van der Waals surface area contributed by atoms with Gasteiger partial charge >= 0.3 is 0 Å². The summed E-state index contributed by atoms with van der Waals surface area (Å²) in [5.41, 5.74) is 0. The van der Waals surface area contributed by atoms with E-state index in [4.69, 9.17) is 0 Å². The largest absolute Gasteiger partial charge is 0.305 e. The van der Waals surface area contributed by atoms with Crippen molar-refractivity contribution < 1.29 is 0 Å². The molecule has 1 heterocycles. The van der Waals surface area contributed by atoms with Crippen LogP contribution in [0.2, 0.25) is 0 Å². The van der Waals surface area contributed by atoms with Crippen LogP contribution in [0, 0.1) is 5.92 Å². The van der Waals surface area contributed by atoms with E-state index in [0.717, 1.165) is 5.92 Å². The van der Waals surface area contributed by atoms with E-state index in [-0.39, 0.29) is 0 Å². The topological polar surface area (TPSA) is 15.3 Å². The molecule has 0 spiro atoms. The van der Waals surface area contributed by atoms with E-state index in [0.29, 0.717) is 6.17 Å². The third-order valence-corrected chi connectivity index (χ3v) is 2.99. The smallest absolute Gasteiger partial charge is 0.0620 e. The van der Waals surface area contributed by atoms with Gasteiger partial charge < -0.3 is 5.32 Å². The van der Waals surface area contributed by atoms with Crippen LogP contribution in [-0.2, 0) is 0 Å². The SMILES string of the molecule is CCN1CCCCC(C)C1NC. The van der Waals surface area contributed by atoms with Crippen molar-refractivity contribution in [3.63, 3.8) is 0 Å². The highest BCUT2D eigenvalue weighted by molar-refractivity contribution is 4.76. The predicted molar refractivity (Wildman–Crippen MR) is 53.1 cm³/mol. The molecule has 2 heteroatoms. The van der Waals surface area contributed by atoms with Crippen LogP contribution in [0.5, 0.6) is 0 Å². The molecule has 0 aliphatic carbocycles. The molecule has 1 saturated heterocycles. The van der Waals surface area contributed by atoms with Gasteiger partial charge in [0.15, 0.2) is 0 Å². The van der Waals surface area contributed by atoms with Crippen LogP contribution in [0.1, 0.15) is 33.1 Å². The molecule has 0 aromatic rings. The van der Waals surface area contributed by atoms with E-state index in [1.165, 1.54) is 32.4 Å². The van der Waals surface area contributed by atoms with Crippen LogP contribution < -0.4 is 5.32 Å². The number of nitrogens with one attached hydrogen (secondary N) is 1. The van der Waals surface area contributed by atoms with Gasteiger partial charge in [-0.05, 0) is 38.9 Å². The molecule has 0 radical (unpaired) electrons. The maximum atomic E-state index is 3.42. The van der Waals surface area contributed by atoms with Crippen molar-refractivity contribution in [3.8, 4) is 0 Å². The summed E-state index contributed by atoms with van der Waals surface area (Å²) in [6.45, 7) is 7.06. The first-order valence-corrected chi connectivity index (χ1v) is 5.21. The molecular formula is C10H22N2. The van der Waals surface area contributed by atoms with E-state index in [2.05, 4.69) is 31.1 Å². The minimum atomic E-state index is 0.609. The minimum Gasteiger partial charge on any atom is -0.305 e. The Balaban J connectivity index is 2.56. The zero-order valence-electron chi connectivity index (χ0n) is 8.64. The quantitative estimate of drug-likeness (QED) is 0.678. The Labute approximate surface area is 76.3 Å². The van der Waals surface area contributed by atoms with Crippen LogP contribution in [0.25, 0.3) is 0 Å². The fourth-order valence-corrected chi connectivity index (χ4v) is 2.26. The molecule has 2 unspecified atom stereocenters. The Kier molecular flexibility index (Phi) is 4.02. The first-order valence-electron chi connectivity index (χ1n) is 5.21. The summed E-state index contributed by atoms with van der Waals surface area (Å²) in [6, 6.07) is 0. The average Bonchev–Trinajstić information content (AvgIpc) is 2.26. The highest BCUT2D eigenvalue weighted by Crippen LogP contribution is 2.20. The molecule has 0 aromatic heterocycles. The molecule has 1 aliphatic rings. The Morgan fingerprint density at radius 2 is 2.17 bits per heavy atom. The highest BCUT2D eigenvalue weighted by atomic mass is 15.3. The molecule has 1 aliphatic heterocycles. The third-order valence-electron chi connectivity index (χ3n) is 2.99. The van der Waals surface area contributed by atoms with Gasteiger partial charge in [-0.15, -0.1) is 0 Å². The lowest BCUT2D eigenvalue weighted by molar-refractivity contribution is 0.145. The summed E-state index contributed by atoms with van der Waals surface area (Å²) in [5.74, 6) is 0.803. The Bertz CT molecular complexity index is 125. The van der Waals surface area contributed by atoms with E-state index in [1.807, 2.05) is 0 Å². The third kappa shape index (κ3) is 2.20. The van der Waals surface area contributed by atoms with Gasteiger partial charge in [-0.2, -0.15) is 0 Å². The van der Waals surface area contributed by atoms with Crippen molar-refractivity contribution in [1.82, 2.24) is 10.2 Å². The van der Waals surface area contributed by atoms with Gasteiger partial charge in [-0.25, -0.2) is 0 Å². The zero-order valence-corrected chi connectivity index (χ0v) is 8.64. The number of hydrogen-bond acceptors (Lipinski definition) is 2. The fourth-order valence-electron chi connectivity index (χ4n) is 2.26. The molecule has 0 aromatic carbocycles. The van der Waals surface area contributed by atoms with Gasteiger partial charge in [-0.3, -0.25) is 4.90 Å². The summed E-state index contributed by atoms with van der Waals surface area (Å²) < 4.78 is 0. The number of likely N-dealkylation sites (tertiary alicyclic amines) is 1. The van der Waals surface area contributed by atoms with E-state index in [1.54, 1.807) is 0 Å². The summed E-state index contributed by atoms with van der Waals surface area (Å²) in [4.78, 5) is 2.55. The van der Waals surface area contributed by atoms with Crippen molar-refractivity contribution in [2.75, 3.05) is 20.1 Å². The van der Waals surface area contributed by atoms with Gasteiger partial charge in [0, 0.05) is 0 Å². The molecule has 0 bridgehead atoms. The first kappa shape index (κ1) is 10.0. The van der Waals surface area contributed by atoms with Crippen LogP contribution in [0.4, 0.5) is 0 Å². The second kappa shape index (κ2) is 4.83. The van der Waals surface area contributed by atoms with Gasteiger partial charge in [0.25, 0.3) is 0 Å². The Morgan fingerprint density at radius 1 is 1.42 bits per heavy atom.